The van der Waals surface area contributed by atoms with Crippen LogP contribution in [0.25, 0.3) is 0 Å². The van der Waals surface area contributed by atoms with E-state index in [1.807, 2.05) is 11.3 Å². The number of hydrogen-bond donors (Lipinski definition) is 0. The SMILES string of the molecule is C#CCN1CCC2(CC1)OCCc1cc(C)sc12. The van der Waals surface area contributed by atoms with Crippen molar-refractivity contribution in [1.82, 2.24) is 4.90 Å². The fourth-order valence-electron chi connectivity index (χ4n) is 3.13. The first kappa shape index (κ1) is 12.2. The molecule has 96 valence electrons. The number of ether oxygens (including phenoxy) is 1. The highest BCUT2D eigenvalue weighted by Gasteiger charge is 2.41. The molecule has 18 heavy (non-hydrogen) atoms. The molecule has 0 bridgehead atoms. The van der Waals surface area contributed by atoms with Crippen LogP contribution in [0.1, 0.15) is 28.2 Å². The van der Waals surface area contributed by atoms with Crippen LogP contribution >= 0.6 is 11.3 Å². The zero-order valence-electron chi connectivity index (χ0n) is 10.9. The first-order chi connectivity index (χ1) is 8.73. The van der Waals surface area contributed by atoms with E-state index in [1.165, 1.54) is 15.3 Å². The van der Waals surface area contributed by atoms with Crippen molar-refractivity contribution in [3.63, 3.8) is 0 Å². The summed E-state index contributed by atoms with van der Waals surface area (Å²) in [6.45, 7) is 5.95. The first-order valence-electron chi connectivity index (χ1n) is 6.63. The Kier molecular flexibility index (Phi) is 3.19. The van der Waals surface area contributed by atoms with Crippen LogP contribution in [-0.2, 0) is 16.8 Å². The molecule has 3 heteroatoms. The van der Waals surface area contributed by atoms with Crippen molar-refractivity contribution in [2.45, 2.75) is 31.8 Å². The summed E-state index contributed by atoms with van der Waals surface area (Å²) in [4.78, 5) is 5.26. The van der Waals surface area contributed by atoms with Crippen LogP contribution in [0.4, 0.5) is 0 Å². The molecular formula is C15H19NOS. The number of fused-ring (bicyclic) bond motifs is 2. The van der Waals surface area contributed by atoms with E-state index in [4.69, 9.17) is 11.2 Å². The average molecular weight is 261 g/mol. The Morgan fingerprint density at radius 1 is 1.50 bits per heavy atom. The molecule has 1 saturated heterocycles. The van der Waals surface area contributed by atoms with Gasteiger partial charge in [0.05, 0.1) is 13.2 Å². The summed E-state index contributed by atoms with van der Waals surface area (Å²) >= 11 is 1.93. The van der Waals surface area contributed by atoms with E-state index in [1.54, 1.807) is 0 Å². The van der Waals surface area contributed by atoms with Crippen molar-refractivity contribution in [2.75, 3.05) is 26.2 Å². The highest BCUT2D eigenvalue weighted by Crippen LogP contribution is 2.45. The fourth-order valence-corrected chi connectivity index (χ4v) is 4.40. The molecule has 0 aromatic carbocycles. The minimum Gasteiger partial charge on any atom is -0.369 e. The number of likely N-dealkylation sites (tertiary alicyclic amines) is 1. The molecule has 3 heterocycles. The van der Waals surface area contributed by atoms with Crippen molar-refractivity contribution in [3.8, 4) is 12.3 Å². The van der Waals surface area contributed by atoms with Gasteiger partial charge in [0.15, 0.2) is 0 Å². The number of terminal acetylenes is 1. The zero-order chi connectivity index (χ0) is 12.6. The lowest BCUT2D eigenvalue weighted by atomic mass is 9.85. The third kappa shape index (κ3) is 1.99. The molecule has 0 amide bonds. The molecule has 1 fully saturated rings. The average Bonchev–Trinajstić information content (AvgIpc) is 2.75. The van der Waals surface area contributed by atoms with E-state index in [0.717, 1.165) is 45.5 Å². The van der Waals surface area contributed by atoms with Gasteiger partial charge >= 0.3 is 0 Å². The lowest BCUT2D eigenvalue weighted by Crippen LogP contribution is -2.46. The monoisotopic (exact) mass is 261 g/mol. The summed E-state index contributed by atoms with van der Waals surface area (Å²) in [6, 6.07) is 2.35. The van der Waals surface area contributed by atoms with Gasteiger partial charge in [-0.1, -0.05) is 5.92 Å². The van der Waals surface area contributed by atoms with Gasteiger partial charge in [-0.25, -0.2) is 0 Å². The van der Waals surface area contributed by atoms with E-state index < -0.39 is 0 Å². The third-order valence-electron chi connectivity index (χ3n) is 4.07. The highest BCUT2D eigenvalue weighted by atomic mass is 32.1. The number of aryl methyl sites for hydroxylation is 1. The molecule has 0 N–H and O–H groups in total. The summed E-state index contributed by atoms with van der Waals surface area (Å²) in [7, 11) is 0. The smallest absolute Gasteiger partial charge is 0.105 e. The molecule has 0 unspecified atom stereocenters. The molecule has 1 aromatic heterocycles. The largest absolute Gasteiger partial charge is 0.369 e. The Morgan fingerprint density at radius 2 is 2.28 bits per heavy atom. The van der Waals surface area contributed by atoms with Crippen molar-refractivity contribution < 1.29 is 4.74 Å². The summed E-state index contributed by atoms with van der Waals surface area (Å²) < 4.78 is 6.20. The Balaban J connectivity index is 1.83. The summed E-state index contributed by atoms with van der Waals surface area (Å²) in [5, 5.41) is 0. The van der Waals surface area contributed by atoms with Crippen LogP contribution in [0.5, 0.6) is 0 Å². The predicted octanol–water partition coefficient (Wildman–Crippen LogP) is 2.55. The van der Waals surface area contributed by atoms with Gasteiger partial charge in [-0.05, 0) is 37.8 Å². The van der Waals surface area contributed by atoms with E-state index in [9.17, 15) is 0 Å². The fraction of sp³-hybridized carbons (Fsp3) is 0.600. The van der Waals surface area contributed by atoms with E-state index in [2.05, 4.69) is 23.8 Å². The second-order valence-electron chi connectivity index (χ2n) is 5.28. The third-order valence-corrected chi connectivity index (χ3v) is 5.35. The maximum atomic E-state index is 6.20. The van der Waals surface area contributed by atoms with E-state index in [-0.39, 0.29) is 5.60 Å². The van der Waals surface area contributed by atoms with Gasteiger partial charge in [-0.3, -0.25) is 4.90 Å². The molecule has 1 spiro atoms. The Labute approximate surface area is 113 Å². The summed E-state index contributed by atoms with van der Waals surface area (Å²) in [5.41, 5.74) is 1.52. The van der Waals surface area contributed by atoms with Crippen LogP contribution in [-0.4, -0.2) is 31.1 Å². The predicted molar refractivity (Wildman–Crippen MR) is 74.9 cm³/mol. The minimum absolute atomic E-state index is 0.00237. The van der Waals surface area contributed by atoms with Crippen LogP contribution in [0.15, 0.2) is 6.07 Å². The molecule has 1 aromatic rings. The molecule has 3 rings (SSSR count). The molecule has 0 radical (unpaired) electrons. The molecule has 0 atom stereocenters. The molecule has 0 aliphatic carbocycles. The Morgan fingerprint density at radius 3 is 3.00 bits per heavy atom. The molecule has 2 aliphatic rings. The summed E-state index contributed by atoms with van der Waals surface area (Å²) in [6.07, 6.45) is 8.64. The van der Waals surface area contributed by atoms with Crippen LogP contribution in [0.3, 0.4) is 0 Å². The van der Waals surface area contributed by atoms with Crippen molar-refractivity contribution in [1.29, 1.82) is 0 Å². The topological polar surface area (TPSA) is 12.5 Å². The van der Waals surface area contributed by atoms with Crippen LogP contribution in [0.2, 0.25) is 0 Å². The highest BCUT2D eigenvalue weighted by molar-refractivity contribution is 7.12. The zero-order valence-corrected chi connectivity index (χ0v) is 11.7. The van der Waals surface area contributed by atoms with Crippen molar-refractivity contribution >= 4 is 11.3 Å². The van der Waals surface area contributed by atoms with E-state index >= 15 is 0 Å². The van der Waals surface area contributed by atoms with Crippen molar-refractivity contribution in [2.24, 2.45) is 0 Å². The minimum atomic E-state index is -0.00237. The second kappa shape index (κ2) is 4.70. The second-order valence-corrected chi connectivity index (χ2v) is 6.54. The van der Waals surface area contributed by atoms with Gasteiger partial charge in [-0.2, -0.15) is 0 Å². The first-order valence-corrected chi connectivity index (χ1v) is 7.45. The molecule has 2 aliphatic heterocycles. The quantitative estimate of drug-likeness (QED) is 0.720. The maximum absolute atomic E-state index is 6.20. The lowest BCUT2D eigenvalue weighted by Gasteiger charge is -2.43. The van der Waals surface area contributed by atoms with Gasteiger partial charge in [0.25, 0.3) is 0 Å². The van der Waals surface area contributed by atoms with Gasteiger partial charge in [-0.15, -0.1) is 17.8 Å². The normalized spacial score (nSPS) is 22.7. The lowest BCUT2D eigenvalue weighted by molar-refractivity contribution is -0.0935. The van der Waals surface area contributed by atoms with E-state index in [0.29, 0.717) is 0 Å². The van der Waals surface area contributed by atoms with Gasteiger partial charge < -0.3 is 4.74 Å². The standard InChI is InChI=1S/C15H19NOS/c1-3-7-16-8-5-15(6-9-16)14-13(4-10-17-15)11-12(2)18-14/h1,11H,4-10H2,2H3. The number of rotatable bonds is 1. The number of hydrogen-bond acceptors (Lipinski definition) is 3. The van der Waals surface area contributed by atoms with Crippen LogP contribution < -0.4 is 0 Å². The van der Waals surface area contributed by atoms with Crippen LogP contribution in [0, 0.1) is 19.3 Å². The van der Waals surface area contributed by atoms with Gasteiger partial charge in [0.1, 0.15) is 5.60 Å². The molecule has 0 saturated carbocycles. The van der Waals surface area contributed by atoms with Gasteiger partial charge in [0.2, 0.25) is 0 Å². The Bertz CT molecular complexity index is 477. The number of thiophene rings is 1. The van der Waals surface area contributed by atoms with Crippen molar-refractivity contribution in [3.05, 3.63) is 21.4 Å². The molecule has 2 nitrogen and oxygen atoms in total. The molecular weight excluding hydrogens is 242 g/mol. The number of nitrogens with zero attached hydrogens (tertiary/aromatic N) is 1. The number of piperidine rings is 1. The maximum Gasteiger partial charge on any atom is 0.105 e. The van der Waals surface area contributed by atoms with Gasteiger partial charge in [0, 0.05) is 22.8 Å². The summed E-state index contributed by atoms with van der Waals surface area (Å²) in [5.74, 6) is 2.74. The Hall–Kier alpha value is -0.820.